The predicted molar refractivity (Wildman–Crippen MR) is 151 cm³/mol. The number of H-pyrrole nitrogens is 1. The van der Waals surface area contributed by atoms with E-state index in [2.05, 4.69) is 96.0 Å². The smallest absolute Gasteiger partial charge is 0.180 e. The van der Waals surface area contributed by atoms with Crippen molar-refractivity contribution in [1.29, 1.82) is 0 Å². The topological polar surface area (TPSA) is 79.3 Å². The first kappa shape index (κ1) is 25.5. The van der Waals surface area contributed by atoms with E-state index in [0.717, 1.165) is 64.9 Å². The second-order valence-corrected chi connectivity index (χ2v) is 9.71. The van der Waals surface area contributed by atoms with Crippen LogP contribution >= 0.6 is 0 Å². The summed E-state index contributed by atoms with van der Waals surface area (Å²) in [6.07, 6.45) is 3.77. The zero-order valence-corrected chi connectivity index (χ0v) is 22.5. The van der Waals surface area contributed by atoms with Crippen molar-refractivity contribution in [2.45, 2.75) is 52.6 Å². The van der Waals surface area contributed by atoms with Crippen molar-refractivity contribution in [2.75, 3.05) is 7.11 Å². The van der Waals surface area contributed by atoms with Crippen LogP contribution in [0.4, 0.5) is 0 Å². The molecule has 2 heterocycles. The fourth-order valence-electron chi connectivity index (χ4n) is 5.04. The number of rotatable bonds is 9. The molecule has 38 heavy (non-hydrogen) atoms. The lowest BCUT2D eigenvalue weighted by Gasteiger charge is -2.36. The van der Waals surface area contributed by atoms with Gasteiger partial charge in [-0.25, -0.2) is 10.2 Å². The molecule has 0 saturated heterocycles. The second kappa shape index (κ2) is 11.5. The zero-order chi connectivity index (χ0) is 26.5. The van der Waals surface area contributed by atoms with Gasteiger partial charge in [0.15, 0.2) is 5.82 Å². The highest BCUT2D eigenvalue weighted by molar-refractivity contribution is 6.14. The average Bonchev–Trinajstić information content (AvgIpc) is 3.49. The first-order valence-electron chi connectivity index (χ1n) is 13.2. The van der Waals surface area contributed by atoms with E-state index in [1.165, 1.54) is 11.1 Å². The molecular weight excluding hydrogens is 472 g/mol. The third kappa shape index (κ3) is 5.29. The Morgan fingerprint density at radius 3 is 2.39 bits per heavy atom. The molecule has 1 atom stereocenters. The molecule has 0 spiro atoms. The maximum atomic E-state index is 5.88. The van der Waals surface area contributed by atoms with Gasteiger partial charge < -0.3 is 0 Å². The number of aliphatic imine (C=N–C) groups is 1. The first-order valence-corrected chi connectivity index (χ1v) is 13.2. The molecule has 1 aliphatic heterocycles. The summed E-state index contributed by atoms with van der Waals surface area (Å²) in [4.78, 5) is 11.2. The Morgan fingerprint density at radius 2 is 1.71 bits per heavy atom. The van der Waals surface area contributed by atoms with Crippen molar-refractivity contribution in [3.8, 4) is 22.5 Å². The number of hydroxylamine groups is 2. The molecule has 0 fully saturated rings. The quantitative estimate of drug-likeness (QED) is 0.279. The molecule has 1 unspecified atom stereocenters. The highest BCUT2D eigenvalue weighted by atomic mass is 16.7. The number of benzene rings is 3. The summed E-state index contributed by atoms with van der Waals surface area (Å²) in [6, 6.07) is 25.5. The normalized spacial score (nSPS) is 15.6. The molecule has 0 saturated carbocycles. The molecule has 0 bridgehead atoms. The van der Waals surface area contributed by atoms with Crippen molar-refractivity contribution >= 4 is 5.71 Å². The van der Waals surface area contributed by atoms with Crippen LogP contribution in [0.1, 0.15) is 49.8 Å². The Hall–Kier alpha value is -4.10. The molecule has 7 nitrogen and oxygen atoms in total. The molecule has 1 aromatic heterocycles. The number of aromatic amines is 1. The standard InChI is InChI=1S/C31H34N6O/c1-5-6-12-29-32-30(27(22(3)37(29)38-4)19-23-15-13-21(2)14-16-23)25-17-18-26(24-10-8-7-9-11-24)28(20-25)31-33-35-36-34-31/h7-11,13-18,20,29H,5-6,12,19H2,1-4H3,(H,33,34,35,36). The molecule has 1 aliphatic rings. The highest BCUT2D eigenvalue weighted by Gasteiger charge is 2.29. The van der Waals surface area contributed by atoms with E-state index in [4.69, 9.17) is 9.83 Å². The van der Waals surface area contributed by atoms with Gasteiger partial charge in [-0.15, -0.1) is 5.10 Å². The van der Waals surface area contributed by atoms with E-state index in [0.29, 0.717) is 5.82 Å². The van der Waals surface area contributed by atoms with E-state index in [1.807, 2.05) is 23.3 Å². The largest absolute Gasteiger partial charge is 0.275 e. The maximum absolute atomic E-state index is 5.88. The number of tetrazole rings is 1. The van der Waals surface area contributed by atoms with Gasteiger partial charge in [0, 0.05) is 28.8 Å². The lowest BCUT2D eigenvalue weighted by molar-refractivity contribution is -0.133. The van der Waals surface area contributed by atoms with Gasteiger partial charge in [0.1, 0.15) is 6.17 Å². The monoisotopic (exact) mass is 506 g/mol. The number of hydrogen-bond acceptors (Lipinski definition) is 6. The van der Waals surface area contributed by atoms with Crippen molar-refractivity contribution in [3.05, 3.63) is 101 Å². The van der Waals surface area contributed by atoms with Crippen LogP contribution in [0.3, 0.4) is 0 Å². The highest BCUT2D eigenvalue weighted by Crippen LogP contribution is 2.34. The SMILES string of the molecule is CCCCC1N=C(c2ccc(-c3ccccc3)c(-c3nnn[nH]3)c2)C(Cc2ccc(C)cc2)=C(C)N1OC. The molecule has 3 aromatic carbocycles. The van der Waals surface area contributed by atoms with E-state index in [1.54, 1.807) is 7.11 Å². The van der Waals surface area contributed by atoms with E-state index < -0.39 is 0 Å². The molecule has 1 N–H and O–H groups in total. The first-order chi connectivity index (χ1) is 18.6. The van der Waals surface area contributed by atoms with Gasteiger partial charge in [-0.1, -0.05) is 85.6 Å². The number of allylic oxidation sites excluding steroid dienone is 2. The Kier molecular flexibility index (Phi) is 7.75. The summed E-state index contributed by atoms with van der Waals surface area (Å²) in [5, 5.41) is 16.9. The Labute approximate surface area is 224 Å². The molecular formula is C31H34N6O. The fraction of sp³-hybridized carbons (Fsp3) is 0.290. The summed E-state index contributed by atoms with van der Waals surface area (Å²) in [5.41, 5.74) is 9.86. The van der Waals surface area contributed by atoms with Gasteiger partial charge in [-0.2, -0.15) is 0 Å². The lowest BCUT2D eigenvalue weighted by atomic mass is 9.89. The van der Waals surface area contributed by atoms with Crippen LogP contribution in [0.15, 0.2) is 89.1 Å². The Bertz CT molecular complexity index is 1430. The maximum Gasteiger partial charge on any atom is 0.180 e. The number of aromatic nitrogens is 4. The van der Waals surface area contributed by atoms with E-state index in [9.17, 15) is 0 Å². The van der Waals surface area contributed by atoms with Crippen molar-refractivity contribution < 1.29 is 4.84 Å². The zero-order valence-electron chi connectivity index (χ0n) is 22.5. The summed E-state index contributed by atoms with van der Waals surface area (Å²) in [5.74, 6) is 0.629. The Morgan fingerprint density at radius 1 is 0.921 bits per heavy atom. The number of unbranched alkanes of at least 4 members (excludes halogenated alkanes) is 1. The summed E-state index contributed by atoms with van der Waals surface area (Å²) >= 11 is 0. The van der Waals surface area contributed by atoms with Crippen LogP contribution in [0.2, 0.25) is 0 Å². The van der Waals surface area contributed by atoms with Crippen LogP contribution in [0.5, 0.6) is 0 Å². The van der Waals surface area contributed by atoms with Gasteiger partial charge in [-0.3, -0.25) is 9.83 Å². The Balaban J connectivity index is 1.64. The minimum Gasteiger partial charge on any atom is -0.275 e. The van der Waals surface area contributed by atoms with Gasteiger partial charge >= 0.3 is 0 Å². The van der Waals surface area contributed by atoms with Crippen molar-refractivity contribution in [2.24, 2.45) is 4.99 Å². The minimum absolute atomic E-state index is 0.0825. The second-order valence-electron chi connectivity index (χ2n) is 9.71. The fourth-order valence-corrected chi connectivity index (χ4v) is 5.04. The van der Waals surface area contributed by atoms with Crippen LogP contribution in [0, 0.1) is 6.92 Å². The van der Waals surface area contributed by atoms with Crippen LogP contribution in [-0.4, -0.2) is 44.7 Å². The third-order valence-corrected chi connectivity index (χ3v) is 7.09. The van der Waals surface area contributed by atoms with E-state index in [-0.39, 0.29) is 6.17 Å². The number of hydrogen-bond donors (Lipinski definition) is 1. The molecule has 4 aromatic rings. The molecule has 5 rings (SSSR count). The van der Waals surface area contributed by atoms with E-state index >= 15 is 0 Å². The van der Waals surface area contributed by atoms with Gasteiger partial charge in [0.05, 0.1) is 12.8 Å². The lowest BCUT2D eigenvalue weighted by Crippen LogP contribution is -2.38. The van der Waals surface area contributed by atoms with Crippen molar-refractivity contribution in [1.82, 2.24) is 25.7 Å². The van der Waals surface area contributed by atoms with Crippen molar-refractivity contribution in [3.63, 3.8) is 0 Å². The van der Waals surface area contributed by atoms with Crippen LogP contribution in [0.25, 0.3) is 22.5 Å². The molecule has 0 aliphatic carbocycles. The average molecular weight is 507 g/mol. The number of aryl methyl sites for hydroxylation is 1. The van der Waals surface area contributed by atoms with Crippen LogP contribution in [-0.2, 0) is 11.3 Å². The molecule has 0 amide bonds. The van der Waals surface area contributed by atoms with Crippen LogP contribution < -0.4 is 0 Å². The predicted octanol–water partition coefficient (Wildman–Crippen LogP) is 6.54. The molecule has 0 radical (unpaired) electrons. The summed E-state index contributed by atoms with van der Waals surface area (Å²) in [7, 11) is 1.73. The van der Waals surface area contributed by atoms with Gasteiger partial charge in [0.25, 0.3) is 0 Å². The molecule has 194 valence electrons. The molecule has 7 heteroatoms. The summed E-state index contributed by atoms with van der Waals surface area (Å²) in [6.45, 7) is 6.46. The summed E-state index contributed by atoms with van der Waals surface area (Å²) < 4.78 is 0. The van der Waals surface area contributed by atoms with Gasteiger partial charge in [-0.05, 0) is 59.9 Å². The minimum atomic E-state index is -0.0825. The third-order valence-electron chi connectivity index (χ3n) is 7.09. The number of nitrogens with one attached hydrogen (secondary N) is 1. The number of nitrogens with zero attached hydrogens (tertiary/aromatic N) is 5. The van der Waals surface area contributed by atoms with Gasteiger partial charge in [0.2, 0.25) is 0 Å².